The van der Waals surface area contributed by atoms with Crippen LogP contribution in [0.1, 0.15) is 108 Å². The summed E-state index contributed by atoms with van der Waals surface area (Å²) >= 11 is 0. The first-order valence-corrected chi connectivity index (χ1v) is 14.2. The average molecular weight is 482 g/mol. The molecule has 5 nitrogen and oxygen atoms in total. The lowest BCUT2D eigenvalue weighted by Gasteiger charge is -2.50. The van der Waals surface area contributed by atoms with E-state index < -0.39 is 0 Å². The number of nitrogens with one attached hydrogen (secondary N) is 1. The number of hydrogen-bond acceptors (Lipinski definition) is 4. The Balaban J connectivity index is 1.28. The zero-order valence-corrected chi connectivity index (χ0v) is 21.6. The van der Waals surface area contributed by atoms with Crippen molar-refractivity contribution in [1.29, 1.82) is 0 Å². The van der Waals surface area contributed by atoms with Gasteiger partial charge in [0.15, 0.2) is 11.5 Å². The van der Waals surface area contributed by atoms with Crippen molar-refractivity contribution in [2.75, 3.05) is 6.61 Å². The standard InChI is InChI=1S/C30H43NO4/c1-3-35-26-18-24-19(16-25(26)32)12-13-23-22(24)14-15-30(2)27(33)17-20(29(23)30)8-7-11-28(34)31-21-9-5-4-6-10-21/h16,18,20-23,29,32H,3-15,17H2,1-2H3,(H,31,34)/t20-,22-,23?,29-,30+/m0/s1. The third kappa shape index (κ3) is 4.72. The summed E-state index contributed by atoms with van der Waals surface area (Å²) in [6, 6.07) is 4.36. The number of phenolic OH excluding ortho intramolecular Hbond substituents is 1. The van der Waals surface area contributed by atoms with Crippen LogP contribution < -0.4 is 10.1 Å². The van der Waals surface area contributed by atoms with E-state index in [1.165, 1.54) is 30.4 Å². The number of carbonyl (C=O) groups excluding carboxylic acids is 2. The Hall–Kier alpha value is -2.04. The second-order valence-corrected chi connectivity index (χ2v) is 11.9. The Labute approximate surface area is 210 Å². The number of amides is 1. The van der Waals surface area contributed by atoms with E-state index in [2.05, 4.69) is 18.3 Å². The van der Waals surface area contributed by atoms with Crippen LogP contribution >= 0.6 is 0 Å². The molecule has 0 radical (unpaired) electrons. The normalized spacial score (nSPS) is 32.5. The lowest BCUT2D eigenvalue weighted by molar-refractivity contribution is -0.129. The summed E-state index contributed by atoms with van der Waals surface area (Å²) in [7, 11) is 0. The van der Waals surface area contributed by atoms with Gasteiger partial charge in [0.1, 0.15) is 5.78 Å². The summed E-state index contributed by atoms with van der Waals surface area (Å²) in [5.74, 6) is 3.17. The van der Waals surface area contributed by atoms with Crippen LogP contribution in [0.25, 0.3) is 0 Å². The van der Waals surface area contributed by atoms with Crippen molar-refractivity contribution in [3.8, 4) is 11.5 Å². The summed E-state index contributed by atoms with van der Waals surface area (Å²) < 4.78 is 5.71. The van der Waals surface area contributed by atoms with Crippen molar-refractivity contribution < 1.29 is 19.4 Å². The molecule has 0 aliphatic heterocycles. The first kappa shape index (κ1) is 24.6. The van der Waals surface area contributed by atoms with Gasteiger partial charge in [-0.3, -0.25) is 9.59 Å². The molecule has 0 spiro atoms. The molecular weight excluding hydrogens is 438 g/mol. The Morgan fingerprint density at radius 3 is 2.74 bits per heavy atom. The van der Waals surface area contributed by atoms with Crippen LogP contribution in [0.15, 0.2) is 12.1 Å². The third-order valence-corrected chi connectivity index (χ3v) is 9.90. The lowest BCUT2D eigenvalue weighted by atomic mass is 9.54. The van der Waals surface area contributed by atoms with Crippen molar-refractivity contribution in [1.82, 2.24) is 5.32 Å². The smallest absolute Gasteiger partial charge is 0.220 e. The van der Waals surface area contributed by atoms with Crippen molar-refractivity contribution in [3.63, 3.8) is 0 Å². The van der Waals surface area contributed by atoms with E-state index >= 15 is 0 Å². The maximum absolute atomic E-state index is 13.3. The van der Waals surface area contributed by atoms with Crippen LogP contribution in [0.4, 0.5) is 0 Å². The molecule has 3 fully saturated rings. The fourth-order valence-electron chi connectivity index (χ4n) is 8.25. The predicted molar refractivity (Wildman–Crippen MR) is 137 cm³/mol. The van der Waals surface area contributed by atoms with E-state index in [9.17, 15) is 14.7 Å². The molecule has 35 heavy (non-hydrogen) atoms. The Kier molecular flexibility index (Phi) is 7.14. The first-order chi connectivity index (χ1) is 16.9. The number of hydrogen-bond donors (Lipinski definition) is 2. The summed E-state index contributed by atoms with van der Waals surface area (Å²) in [6.07, 6.45) is 13.1. The number of Topliss-reactive ketones (excluding diaryl/α,β-unsaturated/α-hetero) is 1. The highest BCUT2D eigenvalue weighted by molar-refractivity contribution is 5.87. The van der Waals surface area contributed by atoms with Crippen LogP contribution in [-0.2, 0) is 16.0 Å². The maximum atomic E-state index is 13.3. The number of aromatic hydroxyl groups is 1. The monoisotopic (exact) mass is 481 g/mol. The molecule has 4 aliphatic carbocycles. The summed E-state index contributed by atoms with van der Waals surface area (Å²) in [5.41, 5.74) is 2.36. The number of phenols is 1. The first-order valence-electron chi connectivity index (χ1n) is 14.2. The van der Waals surface area contributed by atoms with Gasteiger partial charge in [-0.25, -0.2) is 0 Å². The highest BCUT2D eigenvalue weighted by Gasteiger charge is 2.58. The second-order valence-electron chi connectivity index (χ2n) is 11.9. The Morgan fingerprint density at radius 1 is 1.17 bits per heavy atom. The van der Waals surface area contributed by atoms with E-state index in [4.69, 9.17) is 4.74 Å². The fourth-order valence-corrected chi connectivity index (χ4v) is 8.25. The molecule has 0 saturated heterocycles. The fraction of sp³-hybridized carbons (Fsp3) is 0.733. The quantitative estimate of drug-likeness (QED) is 0.496. The molecule has 4 aliphatic rings. The maximum Gasteiger partial charge on any atom is 0.220 e. The number of benzene rings is 1. The van der Waals surface area contributed by atoms with Crippen molar-refractivity contribution >= 4 is 11.7 Å². The topological polar surface area (TPSA) is 75.6 Å². The predicted octanol–water partition coefficient (Wildman–Crippen LogP) is 6.06. The van der Waals surface area contributed by atoms with Crippen LogP contribution in [-0.4, -0.2) is 29.4 Å². The molecule has 1 aromatic rings. The van der Waals surface area contributed by atoms with Gasteiger partial charge in [-0.1, -0.05) is 26.2 Å². The third-order valence-electron chi connectivity index (χ3n) is 9.90. The molecule has 0 bridgehead atoms. The molecule has 1 unspecified atom stereocenters. The Bertz CT molecular complexity index is 952. The summed E-state index contributed by atoms with van der Waals surface area (Å²) in [6.45, 7) is 4.70. The minimum atomic E-state index is -0.215. The number of carbonyl (C=O) groups is 2. The number of ketones is 1. The number of rotatable bonds is 7. The molecular formula is C30H43NO4. The van der Waals surface area contributed by atoms with Crippen molar-refractivity contribution in [3.05, 3.63) is 23.3 Å². The van der Waals surface area contributed by atoms with Gasteiger partial charge < -0.3 is 15.2 Å². The van der Waals surface area contributed by atoms with E-state index in [-0.39, 0.29) is 17.1 Å². The van der Waals surface area contributed by atoms with Crippen LogP contribution in [0.2, 0.25) is 0 Å². The molecule has 0 heterocycles. The highest BCUT2D eigenvalue weighted by Crippen LogP contribution is 2.62. The molecule has 1 aromatic carbocycles. The zero-order chi connectivity index (χ0) is 24.6. The van der Waals surface area contributed by atoms with Crippen molar-refractivity contribution in [2.24, 2.45) is 23.2 Å². The minimum absolute atomic E-state index is 0.195. The second kappa shape index (κ2) is 10.1. The average Bonchev–Trinajstić information content (AvgIpc) is 3.10. The highest BCUT2D eigenvalue weighted by atomic mass is 16.5. The van der Waals surface area contributed by atoms with Gasteiger partial charge in [-0.05, 0) is 105 Å². The zero-order valence-electron chi connectivity index (χ0n) is 21.6. The van der Waals surface area contributed by atoms with Gasteiger partial charge >= 0.3 is 0 Å². The molecule has 1 amide bonds. The van der Waals surface area contributed by atoms with Crippen LogP contribution in [0, 0.1) is 23.2 Å². The van der Waals surface area contributed by atoms with E-state index in [0.29, 0.717) is 60.7 Å². The number of fused-ring (bicyclic) bond motifs is 5. The van der Waals surface area contributed by atoms with Gasteiger partial charge in [-0.2, -0.15) is 0 Å². The lowest BCUT2D eigenvalue weighted by Crippen LogP contribution is -2.44. The molecule has 192 valence electrons. The van der Waals surface area contributed by atoms with Crippen LogP contribution in [0.5, 0.6) is 11.5 Å². The Morgan fingerprint density at radius 2 is 1.97 bits per heavy atom. The summed E-state index contributed by atoms with van der Waals surface area (Å²) in [4.78, 5) is 25.8. The van der Waals surface area contributed by atoms with Gasteiger partial charge in [0.2, 0.25) is 5.91 Å². The van der Waals surface area contributed by atoms with Gasteiger partial charge in [0.25, 0.3) is 0 Å². The number of aryl methyl sites for hydroxylation is 1. The summed E-state index contributed by atoms with van der Waals surface area (Å²) in [5, 5.41) is 13.7. The van der Waals surface area contributed by atoms with E-state index in [0.717, 1.165) is 51.4 Å². The van der Waals surface area contributed by atoms with Gasteiger partial charge in [0, 0.05) is 24.3 Å². The largest absolute Gasteiger partial charge is 0.504 e. The SMILES string of the molecule is CCOc1cc2c(cc1O)CCC1[C@@H]2CC[C@]2(C)C(=O)C[C@H](CCCC(=O)NC3CCCCC3)[C@@H]12. The molecule has 5 heteroatoms. The van der Waals surface area contributed by atoms with E-state index in [1.54, 1.807) is 0 Å². The number of ether oxygens (including phenoxy) is 1. The molecule has 3 saturated carbocycles. The van der Waals surface area contributed by atoms with E-state index in [1.807, 2.05) is 13.0 Å². The van der Waals surface area contributed by atoms with Crippen molar-refractivity contribution in [2.45, 2.75) is 109 Å². The van der Waals surface area contributed by atoms with Crippen LogP contribution in [0.3, 0.4) is 0 Å². The minimum Gasteiger partial charge on any atom is -0.504 e. The van der Waals surface area contributed by atoms with Gasteiger partial charge in [-0.15, -0.1) is 0 Å². The molecule has 2 N–H and O–H groups in total. The molecule has 0 aromatic heterocycles. The van der Waals surface area contributed by atoms with Gasteiger partial charge in [0.05, 0.1) is 6.61 Å². The molecule has 5 rings (SSSR count). The molecule has 5 atom stereocenters.